The molecule has 3 aliphatic heterocycles. The van der Waals surface area contributed by atoms with Gasteiger partial charge in [0.25, 0.3) is 5.91 Å². The van der Waals surface area contributed by atoms with Crippen LogP contribution in [-0.2, 0) is 21.2 Å². The fourth-order valence-electron chi connectivity index (χ4n) is 6.16. The molecule has 2 fully saturated rings. The van der Waals surface area contributed by atoms with Crippen LogP contribution in [0.4, 0.5) is 0 Å². The molecule has 9 nitrogen and oxygen atoms in total. The number of fused-ring (bicyclic) bond motifs is 1. The van der Waals surface area contributed by atoms with Gasteiger partial charge in [-0.3, -0.25) is 9.69 Å². The molecule has 2 saturated heterocycles. The summed E-state index contributed by atoms with van der Waals surface area (Å²) in [5, 5.41) is 11.1. The number of rotatable bonds is 5. The smallest absolute Gasteiger partial charge is 0.338 e. The molecule has 1 N–H and O–H groups in total. The number of likely N-dealkylation sites (tertiary alicyclic amines) is 2. The number of aromatic nitrogens is 1. The molecular formula is C27H33N3O6S. The Hall–Kier alpha value is -2.82. The Morgan fingerprint density at radius 2 is 1.92 bits per heavy atom. The van der Waals surface area contributed by atoms with E-state index in [0.29, 0.717) is 30.8 Å². The number of cyclic esters (lactones) is 1. The topological polar surface area (TPSA) is 117 Å². The van der Waals surface area contributed by atoms with Crippen molar-refractivity contribution < 1.29 is 27.9 Å². The van der Waals surface area contributed by atoms with Crippen molar-refractivity contribution in [2.75, 3.05) is 39.0 Å². The Labute approximate surface area is 217 Å². The molecule has 3 aliphatic rings. The lowest BCUT2D eigenvalue weighted by Gasteiger charge is -2.49. The molecule has 0 saturated carbocycles. The van der Waals surface area contributed by atoms with Crippen LogP contribution in [0.5, 0.6) is 0 Å². The first-order chi connectivity index (χ1) is 17.6. The van der Waals surface area contributed by atoms with Crippen LogP contribution in [0.3, 0.4) is 0 Å². The molecular weight excluding hydrogens is 494 g/mol. The van der Waals surface area contributed by atoms with Crippen molar-refractivity contribution in [3.05, 3.63) is 58.3 Å². The van der Waals surface area contributed by atoms with Crippen LogP contribution in [-0.4, -0.2) is 79.2 Å². The number of carbonyl (C=O) groups excluding carboxylic acids is 2. The molecule has 1 amide bonds. The Kier molecular flexibility index (Phi) is 6.84. The zero-order valence-corrected chi connectivity index (χ0v) is 22.1. The maximum Gasteiger partial charge on any atom is 0.338 e. The summed E-state index contributed by atoms with van der Waals surface area (Å²) in [4.78, 5) is 33.2. The van der Waals surface area contributed by atoms with Crippen LogP contribution >= 0.6 is 0 Å². The van der Waals surface area contributed by atoms with E-state index in [1.807, 2.05) is 17.9 Å². The highest BCUT2D eigenvalue weighted by atomic mass is 32.2. The van der Waals surface area contributed by atoms with E-state index in [1.54, 1.807) is 6.07 Å². The quantitative estimate of drug-likeness (QED) is 0.590. The van der Waals surface area contributed by atoms with Gasteiger partial charge in [-0.1, -0.05) is 6.07 Å². The summed E-state index contributed by atoms with van der Waals surface area (Å²) in [6.45, 7) is 5.64. The number of aliphatic hydroxyl groups excluding tert-OH is 1. The van der Waals surface area contributed by atoms with Crippen LogP contribution in [0.15, 0.2) is 35.5 Å². The number of benzene rings is 1. The Balaban J connectivity index is 1.26. The molecule has 1 aromatic heterocycles. The van der Waals surface area contributed by atoms with Gasteiger partial charge in [0.2, 0.25) is 0 Å². The molecule has 10 heteroatoms. The Morgan fingerprint density at radius 3 is 2.62 bits per heavy atom. The highest BCUT2D eigenvalue weighted by molar-refractivity contribution is 7.90. The molecule has 1 aromatic carbocycles. The summed E-state index contributed by atoms with van der Waals surface area (Å²) in [6.07, 6.45) is 5.69. The third kappa shape index (κ3) is 5.15. The molecule has 5 rings (SSSR count). The van der Waals surface area contributed by atoms with Crippen molar-refractivity contribution in [3.8, 4) is 0 Å². The predicted molar refractivity (Wildman–Crippen MR) is 136 cm³/mol. The van der Waals surface area contributed by atoms with E-state index < -0.39 is 15.9 Å². The minimum atomic E-state index is -3.42. The zero-order chi connectivity index (χ0) is 26.4. The number of nitrogens with zero attached hydrogens (tertiary/aromatic N) is 3. The van der Waals surface area contributed by atoms with Crippen molar-refractivity contribution in [1.29, 1.82) is 0 Å². The van der Waals surface area contributed by atoms with Gasteiger partial charge >= 0.3 is 5.97 Å². The molecule has 0 aliphatic carbocycles. The lowest BCUT2D eigenvalue weighted by molar-refractivity contribution is -0.000794. The van der Waals surface area contributed by atoms with Crippen molar-refractivity contribution in [2.45, 2.75) is 50.3 Å². The number of β-amino-alcohol motifs (C(OH)–C–C–N with tert-alkyl or cyclic N) is 1. The SMILES string of the molecule is Cc1c(C(O)CN2CCCC3(CCCN(C(=O)c4ccc(S(C)(=O)=O)nc4)C3)C2)ccc2c1COC2=O. The fourth-order valence-corrected chi connectivity index (χ4v) is 6.72. The molecule has 198 valence electrons. The van der Waals surface area contributed by atoms with Crippen molar-refractivity contribution >= 4 is 21.7 Å². The molecule has 2 unspecified atom stereocenters. The summed E-state index contributed by atoms with van der Waals surface area (Å²) < 4.78 is 28.5. The van der Waals surface area contributed by atoms with Crippen LogP contribution in [0.1, 0.15) is 69.2 Å². The van der Waals surface area contributed by atoms with E-state index in [2.05, 4.69) is 9.88 Å². The van der Waals surface area contributed by atoms with Gasteiger partial charge in [-0.2, -0.15) is 0 Å². The number of piperidine rings is 2. The van der Waals surface area contributed by atoms with Gasteiger partial charge in [-0.25, -0.2) is 18.2 Å². The van der Waals surface area contributed by atoms with Crippen molar-refractivity contribution in [3.63, 3.8) is 0 Å². The highest BCUT2D eigenvalue weighted by Gasteiger charge is 2.41. The first-order valence-electron chi connectivity index (χ1n) is 12.7. The third-order valence-corrected chi connectivity index (χ3v) is 9.05. The van der Waals surface area contributed by atoms with Crippen LogP contribution in [0.25, 0.3) is 0 Å². The summed E-state index contributed by atoms with van der Waals surface area (Å²) in [5.41, 5.74) is 3.52. The van der Waals surface area contributed by atoms with E-state index in [1.165, 1.54) is 18.3 Å². The Bertz CT molecular complexity index is 1320. The molecule has 4 heterocycles. The summed E-state index contributed by atoms with van der Waals surface area (Å²) in [6, 6.07) is 6.49. The lowest BCUT2D eigenvalue weighted by atomic mass is 9.73. The van der Waals surface area contributed by atoms with Gasteiger partial charge in [-0.15, -0.1) is 0 Å². The van der Waals surface area contributed by atoms with Gasteiger partial charge in [-0.05, 0) is 68.5 Å². The zero-order valence-electron chi connectivity index (χ0n) is 21.3. The number of sulfone groups is 1. The molecule has 1 spiro atoms. The maximum absolute atomic E-state index is 13.2. The van der Waals surface area contributed by atoms with E-state index >= 15 is 0 Å². The molecule has 0 bridgehead atoms. The van der Waals surface area contributed by atoms with Crippen molar-refractivity contribution in [1.82, 2.24) is 14.8 Å². The lowest BCUT2D eigenvalue weighted by Crippen LogP contribution is -2.54. The monoisotopic (exact) mass is 527 g/mol. The highest BCUT2D eigenvalue weighted by Crippen LogP contribution is 2.39. The van der Waals surface area contributed by atoms with Gasteiger partial charge in [0, 0.05) is 49.6 Å². The van der Waals surface area contributed by atoms with Crippen molar-refractivity contribution in [2.24, 2.45) is 5.41 Å². The second-order valence-corrected chi connectivity index (χ2v) is 12.7. The second kappa shape index (κ2) is 9.81. The summed E-state index contributed by atoms with van der Waals surface area (Å²) >= 11 is 0. The van der Waals surface area contributed by atoms with Crippen LogP contribution in [0, 0.1) is 12.3 Å². The van der Waals surface area contributed by atoms with E-state index in [-0.39, 0.29) is 28.9 Å². The van der Waals surface area contributed by atoms with Crippen LogP contribution < -0.4 is 0 Å². The first kappa shape index (κ1) is 25.8. The van der Waals surface area contributed by atoms with Gasteiger partial charge < -0.3 is 14.7 Å². The summed E-state index contributed by atoms with van der Waals surface area (Å²) in [5.74, 6) is -0.440. The molecule has 2 aromatic rings. The predicted octanol–water partition coefficient (Wildman–Crippen LogP) is 2.52. The van der Waals surface area contributed by atoms with Gasteiger partial charge in [0.05, 0.1) is 17.2 Å². The number of carbonyl (C=O) groups is 2. The molecule has 2 atom stereocenters. The average molecular weight is 528 g/mol. The molecule has 0 radical (unpaired) electrons. The minimum absolute atomic E-state index is 0.0424. The summed E-state index contributed by atoms with van der Waals surface area (Å²) in [7, 11) is -3.42. The van der Waals surface area contributed by atoms with E-state index in [0.717, 1.165) is 61.7 Å². The van der Waals surface area contributed by atoms with E-state index in [9.17, 15) is 23.1 Å². The van der Waals surface area contributed by atoms with Gasteiger partial charge in [0.1, 0.15) is 6.61 Å². The minimum Gasteiger partial charge on any atom is -0.457 e. The normalized spacial score (nSPS) is 23.1. The first-order valence-corrected chi connectivity index (χ1v) is 14.6. The fraction of sp³-hybridized carbons (Fsp3) is 0.519. The van der Waals surface area contributed by atoms with Gasteiger partial charge in [0.15, 0.2) is 14.9 Å². The van der Waals surface area contributed by atoms with E-state index in [4.69, 9.17) is 4.74 Å². The second-order valence-electron chi connectivity index (χ2n) is 10.7. The number of amides is 1. The third-order valence-electron chi connectivity index (χ3n) is 8.05. The number of aliphatic hydroxyl groups is 1. The largest absolute Gasteiger partial charge is 0.457 e. The average Bonchev–Trinajstić information content (AvgIpc) is 3.25. The standard InChI is InChI=1S/C27H33N3O6S/c1-18-20(6-7-21-22(18)15-36-26(21)33)23(31)14-29-11-3-9-27(16-29)10-4-12-30(17-27)25(32)19-5-8-24(28-13-19)37(2,34)35/h5-8,13,23,31H,3-4,9-12,14-17H2,1-2H3. The maximum atomic E-state index is 13.2. The molecule has 37 heavy (non-hydrogen) atoms. The number of esters is 1. The number of hydrogen-bond acceptors (Lipinski definition) is 8. The number of hydrogen-bond donors (Lipinski definition) is 1. The van der Waals surface area contributed by atoms with Crippen LogP contribution in [0.2, 0.25) is 0 Å². The Morgan fingerprint density at radius 1 is 1.16 bits per heavy atom. The number of pyridine rings is 1. The number of ether oxygens (including phenoxy) is 1.